The summed E-state index contributed by atoms with van der Waals surface area (Å²) in [6.07, 6.45) is 0. The number of hydrogen-bond donors (Lipinski definition) is 2. The van der Waals surface area contributed by atoms with E-state index in [1.54, 1.807) is 30.3 Å². The number of hydrogen-bond acceptors (Lipinski definition) is 2. The molecule has 0 aliphatic rings. The van der Waals surface area contributed by atoms with E-state index in [2.05, 4.69) is 24.5 Å². The largest absolute Gasteiger partial charge is 0.332 e. The van der Waals surface area contributed by atoms with Crippen LogP contribution in [0.2, 0.25) is 5.02 Å². The molecule has 0 heterocycles. The molecule has 2 rings (SSSR count). The first-order valence-electron chi connectivity index (χ1n) is 6.94. The van der Waals surface area contributed by atoms with Crippen molar-refractivity contribution in [3.63, 3.8) is 0 Å². The minimum absolute atomic E-state index is 0.238. The highest BCUT2D eigenvalue weighted by molar-refractivity contribution is 7.80. The number of thiocarbonyl (C=S) groups is 1. The van der Waals surface area contributed by atoms with Gasteiger partial charge in [-0.2, -0.15) is 0 Å². The molecule has 114 valence electrons. The van der Waals surface area contributed by atoms with Gasteiger partial charge in [0.2, 0.25) is 0 Å². The van der Waals surface area contributed by atoms with Gasteiger partial charge >= 0.3 is 0 Å². The molecule has 0 atom stereocenters. The second-order valence-electron chi connectivity index (χ2n) is 5.16. The number of amides is 1. The van der Waals surface area contributed by atoms with E-state index in [4.69, 9.17) is 23.8 Å². The molecule has 2 aromatic carbocycles. The number of anilines is 1. The Morgan fingerprint density at radius 3 is 2.45 bits per heavy atom. The van der Waals surface area contributed by atoms with Gasteiger partial charge < -0.3 is 5.32 Å². The van der Waals surface area contributed by atoms with Crippen LogP contribution in [0, 0.1) is 0 Å². The van der Waals surface area contributed by atoms with Gasteiger partial charge in [-0.15, -0.1) is 0 Å². The lowest BCUT2D eigenvalue weighted by Crippen LogP contribution is -2.34. The van der Waals surface area contributed by atoms with Crippen LogP contribution >= 0.6 is 23.8 Å². The second-order valence-corrected chi connectivity index (χ2v) is 6.01. The lowest BCUT2D eigenvalue weighted by molar-refractivity contribution is 0.0977. The van der Waals surface area contributed by atoms with E-state index in [0.29, 0.717) is 10.6 Å². The Morgan fingerprint density at radius 1 is 1.14 bits per heavy atom. The van der Waals surface area contributed by atoms with Gasteiger partial charge in [-0.25, -0.2) is 0 Å². The van der Waals surface area contributed by atoms with Gasteiger partial charge in [-0.3, -0.25) is 10.1 Å². The fourth-order valence-corrected chi connectivity index (χ4v) is 2.43. The molecule has 0 bridgehead atoms. The first-order chi connectivity index (χ1) is 10.5. The Balaban J connectivity index is 2.08. The van der Waals surface area contributed by atoms with Crippen LogP contribution in [-0.2, 0) is 0 Å². The number of benzene rings is 2. The van der Waals surface area contributed by atoms with Gasteiger partial charge in [0, 0.05) is 16.3 Å². The first-order valence-corrected chi connectivity index (χ1v) is 7.73. The predicted octanol–water partition coefficient (Wildman–Crippen LogP) is 4.59. The van der Waals surface area contributed by atoms with E-state index in [9.17, 15) is 4.79 Å². The van der Waals surface area contributed by atoms with Crippen LogP contribution in [0.3, 0.4) is 0 Å². The molecule has 0 saturated carbocycles. The Labute approximate surface area is 140 Å². The second kappa shape index (κ2) is 7.38. The van der Waals surface area contributed by atoms with Gasteiger partial charge in [-0.1, -0.05) is 43.6 Å². The van der Waals surface area contributed by atoms with Crippen molar-refractivity contribution in [2.24, 2.45) is 0 Å². The lowest BCUT2D eigenvalue weighted by atomic mass is 10.0. The topological polar surface area (TPSA) is 41.1 Å². The van der Waals surface area contributed by atoms with Crippen molar-refractivity contribution in [2.75, 3.05) is 5.32 Å². The molecule has 0 aliphatic heterocycles. The summed E-state index contributed by atoms with van der Waals surface area (Å²) >= 11 is 11.2. The van der Waals surface area contributed by atoms with Crippen LogP contribution in [0.25, 0.3) is 0 Å². The van der Waals surface area contributed by atoms with Gasteiger partial charge in [0.1, 0.15) is 0 Å². The summed E-state index contributed by atoms with van der Waals surface area (Å²) in [5.74, 6) is 0.0481. The Bertz CT molecular complexity index is 686. The van der Waals surface area contributed by atoms with E-state index in [1.165, 1.54) is 0 Å². The monoisotopic (exact) mass is 332 g/mol. The molecule has 0 radical (unpaired) electrons. The van der Waals surface area contributed by atoms with Gasteiger partial charge in [0.25, 0.3) is 5.91 Å². The van der Waals surface area contributed by atoms with E-state index in [0.717, 1.165) is 11.3 Å². The number of rotatable bonds is 3. The molecule has 3 nitrogen and oxygen atoms in total. The fourth-order valence-electron chi connectivity index (χ4n) is 2.04. The minimum Gasteiger partial charge on any atom is -0.332 e. The highest BCUT2D eigenvalue weighted by Gasteiger charge is 2.11. The van der Waals surface area contributed by atoms with Gasteiger partial charge in [0.05, 0.1) is 0 Å². The molecular formula is C17H17ClN2OS. The fraction of sp³-hybridized carbons (Fsp3) is 0.176. The molecule has 22 heavy (non-hydrogen) atoms. The average Bonchev–Trinajstić information content (AvgIpc) is 2.49. The lowest BCUT2D eigenvalue weighted by Gasteiger charge is -2.16. The van der Waals surface area contributed by atoms with Crippen LogP contribution in [0.1, 0.15) is 35.7 Å². The molecular weight excluding hydrogens is 316 g/mol. The van der Waals surface area contributed by atoms with E-state index in [1.807, 2.05) is 18.2 Å². The molecule has 1 amide bonds. The third kappa shape index (κ3) is 4.29. The normalized spacial score (nSPS) is 10.4. The van der Waals surface area contributed by atoms with Crippen molar-refractivity contribution < 1.29 is 4.79 Å². The van der Waals surface area contributed by atoms with Crippen molar-refractivity contribution in [1.29, 1.82) is 0 Å². The summed E-state index contributed by atoms with van der Waals surface area (Å²) in [5, 5.41) is 6.67. The predicted molar refractivity (Wildman–Crippen MR) is 95.7 cm³/mol. The maximum Gasteiger partial charge on any atom is 0.257 e. The highest BCUT2D eigenvalue weighted by atomic mass is 35.5. The van der Waals surface area contributed by atoms with Crippen molar-refractivity contribution in [2.45, 2.75) is 19.8 Å². The van der Waals surface area contributed by atoms with E-state index in [-0.39, 0.29) is 16.9 Å². The third-order valence-electron chi connectivity index (χ3n) is 3.15. The first kappa shape index (κ1) is 16.5. The number of carbonyl (C=O) groups excluding carboxylic acids is 1. The Morgan fingerprint density at radius 2 is 1.82 bits per heavy atom. The quantitative estimate of drug-likeness (QED) is 0.808. The number of nitrogens with one attached hydrogen (secondary N) is 2. The summed E-state index contributed by atoms with van der Waals surface area (Å²) in [6, 6.07) is 14.5. The average molecular weight is 333 g/mol. The molecule has 2 N–H and O–H groups in total. The third-order valence-corrected chi connectivity index (χ3v) is 3.59. The van der Waals surface area contributed by atoms with Crippen LogP contribution in [-0.4, -0.2) is 11.0 Å². The summed E-state index contributed by atoms with van der Waals surface area (Å²) in [7, 11) is 0. The molecule has 0 aliphatic carbocycles. The van der Waals surface area contributed by atoms with Gasteiger partial charge in [-0.05, 0) is 54.0 Å². The smallest absolute Gasteiger partial charge is 0.257 e. The summed E-state index contributed by atoms with van der Waals surface area (Å²) < 4.78 is 0. The summed E-state index contributed by atoms with van der Waals surface area (Å²) in [6.45, 7) is 4.14. The standard InChI is InChI=1S/C17H17ClN2OS/c1-11(2)14-10-13(18)8-9-15(14)19-17(22)20-16(21)12-6-4-3-5-7-12/h3-11H,1-2H3,(H2,19,20,21,22). The molecule has 0 saturated heterocycles. The van der Waals surface area contributed by atoms with Crippen LogP contribution in [0.15, 0.2) is 48.5 Å². The minimum atomic E-state index is -0.238. The zero-order valence-corrected chi connectivity index (χ0v) is 14.0. The zero-order valence-electron chi connectivity index (χ0n) is 12.4. The van der Waals surface area contributed by atoms with Crippen molar-refractivity contribution in [3.8, 4) is 0 Å². The maximum absolute atomic E-state index is 12.1. The summed E-state index contributed by atoms with van der Waals surface area (Å²) in [4.78, 5) is 12.1. The molecule has 0 aromatic heterocycles. The van der Waals surface area contributed by atoms with E-state index < -0.39 is 0 Å². The summed E-state index contributed by atoms with van der Waals surface area (Å²) in [5.41, 5.74) is 2.45. The van der Waals surface area contributed by atoms with Crippen LogP contribution < -0.4 is 10.6 Å². The van der Waals surface area contributed by atoms with Crippen molar-refractivity contribution in [1.82, 2.24) is 5.32 Å². The van der Waals surface area contributed by atoms with Crippen LogP contribution in [0.5, 0.6) is 0 Å². The van der Waals surface area contributed by atoms with E-state index >= 15 is 0 Å². The number of halogens is 1. The number of carbonyl (C=O) groups is 1. The van der Waals surface area contributed by atoms with Crippen molar-refractivity contribution >= 4 is 40.5 Å². The SMILES string of the molecule is CC(C)c1cc(Cl)ccc1NC(=S)NC(=O)c1ccccc1. The highest BCUT2D eigenvalue weighted by Crippen LogP contribution is 2.27. The Kier molecular flexibility index (Phi) is 5.52. The molecule has 0 unspecified atom stereocenters. The molecule has 0 fully saturated rings. The molecule has 5 heteroatoms. The molecule has 2 aromatic rings. The Hall–Kier alpha value is -1.91. The zero-order chi connectivity index (χ0) is 16.1. The molecule has 0 spiro atoms. The van der Waals surface area contributed by atoms with Gasteiger partial charge in [0.15, 0.2) is 5.11 Å². The van der Waals surface area contributed by atoms with Crippen LogP contribution in [0.4, 0.5) is 5.69 Å². The maximum atomic E-state index is 12.1. The van der Waals surface area contributed by atoms with Crippen molar-refractivity contribution in [3.05, 3.63) is 64.7 Å².